The Morgan fingerprint density at radius 3 is 2.38 bits per heavy atom. The van der Waals surface area contributed by atoms with Gasteiger partial charge in [-0.1, -0.05) is 74.7 Å². The number of fused-ring (bicyclic) bond motifs is 1. The molecular weight excluding hydrogens is 506 g/mol. The summed E-state index contributed by atoms with van der Waals surface area (Å²) in [7, 11) is 0. The Labute approximate surface area is 236 Å². The first-order chi connectivity index (χ1) is 19.0. The number of aryl methyl sites for hydroxylation is 1. The number of anilines is 1. The van der Waals surface area contributed by atoms with Gasteiger partial charge in [0, 0.05) is 17.8 Å². The fourth-order valence-corrected chi connectivity index (χ4v) is 4.50. The van der Waals surface area contributed by atoms with Crippen LogP contribution in [0, 0.1) is 6.92 Å². The second kappa shape index (κ2) is 13.8. The maximum Gasteiger partial charge on any atom is 0.408 e. The van der Waals surface area contributed by atoms with Gasteiger partial charge in [-0.2, -0.15) is 0 Å². The van der Waals surface area contributed by atoms with Crippen LogP contribution in [0.2, 0.25) is 0 Å². The number of ether oxygens (including phenoxy) is 1. The summed E-state index contributed by atoms with van der Waals surface area (Å²) in [5.74, 6) is -0.966. The van der Waals surface area contributed by atoms with E-state index in [2.05, 4.69) is 17.6 Å². The molecule has 1 atom stereocenters. The van der Waals surface area contributed by atoms with Gasteiger partial charge in [-0.15, -0.1) is 0 Å². The maximum absolute atomic E-state index is 13.9. The molecule has 0 heterocycles. The molecule has 0 fully saturated rings. The fourth-order valence-electron chi connectivity index (χ4n) is 4.50. The van der Waals surface area contributed by atoms with Crippen LogP contribution < -0.4 is 10.6 Å². The number of alkyl carbamates (subject to hydrolysis) is 1. The molecule has 1 unspecified atom stereocenters. The number of aromatic hydroxyl groups is 1. The standard InChI is InChI=1S/C32H41N3O5/c1-6-7-8-11-19-35(27(36)21-33-31(39)40-32(3,4)5)28(26-16-12-13-22(2)29(26)37)30(38)34-25-18-17-23-14-9-10-15-24(23)20-25/h9-10,12-18,20,28,37H,6-8,11,19,21H2,1-5H3,(H,33,39)(H,34,38). The van der Waals surface area contributed by atoms with Crippen molar-refractivity contribution in [1.29, 1.82) is 0 Å². The van der Waals surface area contributed by atoms with Gasteiger partial charge >= 0.3 is 6.09 Å². The van der Waals surface area contributed by atoms with Crippen molar-refractivity contribution < 1.29 is 24.2 Å². The zero-order chi connectivity index (χ0) is 29.3. The molecule has 3 aromatic carbocycles. The number of phenolic OH excluding ortho intramolecular Hbond substituents is 1. The first-order valence-electron chi connectivity index (χ1n) is 13.8. The van der Waals surface area contributed by atoms with Gasteiger partial charge in [-0.3, -0.25) is 9.59 Å². The quantitative estimate of drug-likeness (QED) is 0.239. The number of phenols is 1. The Kier molecular flexibility index (Phi) is 10.5. The summed E-state index contributed by atoms with van der Waals surface area (Å²) < 4.78 is 5.28. The first kappa shape index (κ1) is 30.5. The number of nitrogens with zero attached hydrogens (tertiary/aromatic N) is 1. The van der Waals surface area contributed by atoms with Crippen LogP contribution in [-0.4, -0.2) is 46.6 Å². The van der Waals surface area contributed by atoms with E-state index in [1.807, 2.05) is 42.5 Å². The van der Waals surface area contributed by atoms with Crippen LogP contribution in [0.4, 0.5) is 10.5 Å². The van der Waals surface area contributed by atoms with Crippen molar-refractivity contribution >= 4 is 34.4 Å². The van der Waals surface area contributed by atoms with Gasteiger partial charge in [0.1, 0.15) is 23.9 Å². The van der Waals surface area contributed by atoms with Crippen LogP contribution in [0.3, 0.4) is 0 Å². The predicted octanol–water partition coefficient (Wildman–Crippen LogP) is 6.47. The summed E-state index contributed by atoms with van der Waals surface area (Å²) in [4.78, 5) is 41.3. The number of nitrogens with one attached hydrogen (secondary N) is 2. The molecule has 3 aromatic rings. The second-order valence-electron chi connectivity index (χ2n) is 11.0. The summed E-state index contributed by atoms with van der Waals surface area (Å²) in [6.07, 6.45) is 2.82. The highest BCUT2D eigenvalue weighted by Gasteiger charge is 2.34. The number of amides is 3. The average molecular weight is 548 g/mol. The highest BCUT2D eigenvalue weighted by atomic mass is 16.6. The topological polar surface area (TPSA) is 108 Å². The SMILES string of the molecule is CCCCCCN(C(=O)CNC(=O)OC(C)(C)C)C(C(=O)Nc1ccc2ccccc2c1)c1cccc(C)c1O. The van der Waals surface area contributed by atoms with E-state index < -0.39 is 29.6 Å². The Hall–Kier alpha value is -4.07. The van der Waals surface area contributed by atoms with Gasteiger partial charge < -0.3 is 25.4 Å². The van der Waals surface area contributed by atoms with Gasteiger partial charge in [-0.25, -0.2) is 4.79 Å². The fraction of sp³-hybridized carbons (Fsp3) is 0.406. The molecule has 3 amide bonds. The third kappa shape index (κ3) is 8.46. The monoisotopic (exact) mass is 547 g/mol. The van der Waals surface area contributed by atoms with E-state index in [1.165, 1.54) is 4.90 Å². The first-order valence-corrected chi connectivity index (χ1v) is 13.8. The highest BCUT2D eigenvalue weighted by Crippen LogP contribution is 2.33. The number of para-hydroxylation sites is 1. The summed E-state index contributed by atoms with van der Waals surface area (Å²) in [5.41, 5.74) is 0.763. The maximum atomic E-state index is 13.9. The van der Waals surface area contributed by atoms with E-state index in [4.69, 9.17) is 4.74 Å². The molecule has 0 aromatic heterocycles. The van der Waals surface area contributed by atoms with Crippen LogP contribution in [0.1, 0.15) is 70.5 Å². The van der Waals surface area contributed by atoms with E-state index in [0.717, 1.165) is 30.0 Å². The summed E-state index contributed by atoms with van der Waals surface area (Å²) >= 11 is 0. The van der Waals surface area contributed by atoms with Gasteiger partial charge in [0.15, 0.2) is 0 Å². The Morgan fingerprint density at radius 1 is 0.950 bits per heavy atom. The van der Waals surface area contributed by atoms with Crippen molar-refractivity contribution in [3.8, 4) is 5.75 Å². The smallest absolute Gasteiger partial charge is 0.408 e. The lowest BCUT2D eigenvalue weighted by atomic mass is 9.99. The minimum Gasteiger partial charge on any atom is -0.507 e. The molecule has 0 bridgehead atoms. The molecule has 8 nitrogen and oxygen atoms in total. The number of carbonyl (C=O) groups is 3. The second-order valence-corrected chi connectivity index (χ2v) is 11.0. The van der Waals surface area contributed by atoms with E-state index in [1.54, 1.807) is 45.9 Å². The van der Waals surface area contributed by atoms with E-state index in [-0.39, 0.29) is 18.8 Å². The zero-order valence-corrected chi connectivity index (χ0v) is 24.1. The molecule has 0 aliphatic heterocycles. The van der Waals surface area contributed by atoms with E-state index >= 15 is 0 Å². The van der Waals surface area contributed by atoms with Crippen molar-refractivity contribution in [3.05, 3.63) is 71.8 Å². The average Bonchev–Trinajstić information content (AvgIpc) is 2.90. The van der Waals surface area contributed by atoms with Crippen LogP contribution in [-0.2, 0) is 14.3 Å². The lowest BCUT2D eigenvalue weighted by Crippen LogP contribution is -2.47. The van der Waals surface area contributed by atoms with Crippen molar-refractivity contribution in [2.24, 2.45) is 0 Å². The van der Waals surface area contributed by atoms with E-state index in [0.29, 0.717) is 23.2 Å². The van der Waals surface area contributed by atoms with Crippen molar-refractivity contribution in [2.45, 2.75) is 71.9 Å². The molecule has 0 radical (unpaired) electrons. The third-order valence-corrected chi connectivity index (χ3v) is 6.50. The van der Waals surface area contributed by atoms with Crippen LogP contribution in [0.15, 0.2) is 60.7 Å². The number of carbonyl (C=O) groups excluding carboxylic acids is 3. The molecule has 40 heavy (non-hydrogen) atoms. The lowest BCUT2D eigenvalue weighted by Gasteiger charge is -2.32. The Balaban J connectivity index is 1.95. The normalized spacial score (nSPS) is 12.0. The Morgan fingerprint density at radius 2 is 1.68 bits per heavy atom. The van der Waals surface area contributed by atoms with Gasteiger partial charge in [-0.05, 0) is 62.6 Å². The van der Waals surface area contributed by atoms with Crippen molar-refractivity contribution in [1.82, 2.24) is 10.2 Å². The zero-order valence-electron chi connectivity index (χ0n) is 24.1. The summed E-state index contributed by atoms with van der Waals surface area (Å²) in [6.45, 7) is 8.98. The Bertz CT molecular complexity index is 1330. The van der Waals surface area contributed by atoms with Crippen molar-refractivity contribution in [2.75, 3.05) is 18.4 Å². The van der Waals surface area contributed by atoms with Gasteiger partial charge in [0.2, 0.25) is 5.91 Å². The summed E-state index contributed by atoms with van der Waals surface area (Å²) in [6, 6.07) is 17.4. The molecule has 0 aliphatic rings. The highest BCUT2D eigenvalue weighted by molar-refractivity contribution is 6.00. The minimum atomic E-state index is -1.12. The number of unbranched alkanes of at least 4 members (excludes halogenated alkanes) is 3. The summed E-state index contributed by atoms with van der Waals surface area (Å²) in [5, 5.41) is 18.5. The number of hydrogen-bond donors (Lipinski definition) is 3. The van der Waals surface area contributed by atoms with E-state index in [9.17, 15) is 19.5 Å². The molecule has 3 N–H and O–H groups in total. The number of hydrogen-bond acceptors (Lipinski definition) is 5. The largest absolute Gasteiger partial charge is 0.507 e. The van der Waals surface area contributed by atoms with Gasteiger partial charge in [0.05, 0.1) is 0 Å². The van der Waals surface area contributed by atoms with Crippen molar-refractivity contribution in [3.63, 3.8) is 0 Å². The third-order valence-electron chi connectivity index (χ3n) is 6.50. The molecule has 8 heteroatoms. The number of rotatable bonds is 11. The van der Waals surface area contributed by atoms with Gasteiger partial charge in [0.25, 0.3) is 5.91 Å². The van der Waals surface area contributed by atoms with Crippen LogP contribution >= 0.6 is 0 Å². The molecule has 3 rings (SSSR count). The molecule has 0 saturated heterocycles. The molecule has 0 aliphatic carbocycles. The number of benzene rings is 3. The van der Waals surface area contributed by atoms with Crippen LogP contribution in [0.25, 0.3) is 10.8 Å². The molecular formula is C32H41N3O5. The lowest BCUT2D eigenvalue weighted by molar-refractivity contribution is -0.138. The molecule has 0 spiro atoms. The minimum absolute atomic E-state index is 0.0485. The predicted molar refractivity (Wildman–Crippen MR) is 158 cm³/mol. The molecule has 214 valence electrons. The van der Waals surface area contributed by atoms with Crippen LogP contribution in [0.5, 0.6) is 5.75 Å². The molecule has 0 saturated carbocycles.